The highest BCUT2D eigenvalue weighted by atomic mass is 16.6. The fourth-order valence-electron chi connectivity index (χ4n) is 3.85. The first-order valence-corrected chi connectivity index (χ1v) is 12.8. The third-order valence-electron chi connectivity index (χ3n) is 5.86. The minimum absolute atomic E-state index is 0.0715. The number of esters is 1. The van der Waals surface area contributed by atoms with Gasteiger partial charge in [-0.15, -0.1) is 0 Å². The van der Waals surface area contributed by atoms with Crippen LogP contribution in [-0.2, 0) is 28.7 Å². The Kier molecular flexibility index (Phi) is 11.7. The fraction of sp³-hybridized carbons (Fsp3) is 0.538. The van der Waals surface area contributed by atoms with Crippen LogP contribution < -0.4 is 26.0 Å². The second kappa shape index (κ2) is 14.7. The van der Waals surface area contributed by atoms with Gasteiger partial charge in [0.05, 0.1) is 13.5 Å². The van der Waals surface area contributed by atoms with Crippen molar-refractivity contribution in [2.24, 2.45) is 0 Å². The van der Waals surface area contributed by atoms with Crippen LogP contribution in [0.25, 0.3) is 0 Å². The van der Waals surface area contributed by atoms with E-state index in [2.05, 4.69) is 26.0 Å². The standard InChI is InChI=1S/C26H37N5O8/c1-15(2)27-26(37)39-19-10-8-18(9-11-19)30-24(35)20-7-6-14-31(20)25(36)17(4)29-23(34)16(3)28-21(32)12-13-22(33)38-5/h8-11,15-17,20H,6-7,12-14H2,1-5H3,(H,27,37)(H,28,32)(H,29,34)(H,30,35)/t16-,17-,20-/m0/s1. The van der Waals surface area contributed by atoms with Crippen LogP contribution in [0.4, 0.5) is 10.5 Å². The molecule has 5 amide bonds. The lowest BCUT2D eigenvalue weighted by atomic mass is 10.1. The van der Waals surface area contributed by atoms with Crippen molar-refractivity contribution in [2.45, 2.75) is 77.5 Å². The van der Waals surface area contributed by atoms with Crippen molar-refractivity contribution in [3.05, 3.63) is 24.3 Å². The van der Waals surface area contributed by atoms with E-state index in [1.54, 1.807) is 24.3 Å². The molecule has 1 saturated heterocycles. The number of carbonyl (C=O) groups excluding carboxylic acids is 6. The number of carbonyl (C=O) groups is 6. The van der Waals surface area contributed by atoms with Crippen molar-refractivity contribution in [1.29, 1.82) is 0 Å². The lowest BCUT2D eigenvalue weighted by molar-refractivity contribution is -0.142. The minimum Gasteiger partial charge on any atom is -0.469 e. The van der Waals surface area contributed by atoms with Crippen LogP contribution in [0.1, 0.15) is 53.4 Å². The number of methoxy groups -OCH3 is 1. The number of likely N-dealkylation sites (tertiary alicyclic amines) is 1. The molecule has 3 atom stereocenters. The molecule has 1 heterocycles. The van der Waals surface area contributed by atoms with Gasteiger partial charge in [0.1, 0.15) is 23.9 Å². The highest BCUT2D eigenvalue weighted by Crippen LogP contribution is 2.22. The van der Waals surface area contributed by atoms with Crippen molar-refractivity contribution >= 4 is 41.4 Å². The first kappa shape index (κ1) is 31.1. The topological polar surface area (TPSA) is 172 Å². The molecular formula is C26H37N5O8. The molecule has 4 N–H and O–H groups in total. The fourth-order valence-corrected chi connectivity index (χ4v) is 3.85. The zero-order chi connectivity index (χ0) is 29.1. The summed E-state index contributed by atoms with van der Waals surface area (Å²) in [6.45, 7) is 6.94. The Morgan fingerprint density at radius 3 is 2.21 bits per heavy atom. The number of amides is 5. The van der Waals surface area contributed by atoms with E-state index in [-0.39, 0.29) is 24.8 Å². The highest BCUT2D eigenvalue weighted by Gasteiger charge is 2.36. The van der Waals surface area contributed by atoms with Gasteiger partial charge in [0.2, 0.25) is 23.6 Å². The van der Waals surface area contributed by atoms with E-state index in [1.165, 1.54) is 25.9 Å². The van der Waals surface area contributed by atoms with Gasteiger partial charge in [0.25, 0.3) is 0 Å². The second-order valence-corrected chi connectivity index (χ2v) is 9.49. The number of hydrogen-bond acceptors (Lipinski definition) is 8. The molecule has 0 bridgehead atoms. The molecule has 1 aromatic rings. The zero-order valence-electron chi connectivity index (χ0n) is 22.9. The smallest absolute Gasteiger partial charge is 0.412 e. The number of nitrogens with one attached hydrogen (secondary N) is 4. The predicted octanol–water partition coefficient (Wildman–Crippen LogP) is 1.08. The molecule has 1 fully saturated rings. The Morgan fingerprint density at radius 1 is 0.923 bits per heavy atom. The van der Waals surface area contributed by atoms with Gasteiger partial charge in [-0.3, -0.25) is 24.0 Å². The first-order valence-electron chi connectivity index (χ1n) is 12.8. The molecule has 0 aliphatic carbocycles. The molecule has 1 aliphatic heterocycles. The van der Waals surface area contributed by atoms with E-state index in [0.29, 0.717) is 30.8 Å². The number of benzene rings is 1. The van der Waals surface area contributed by atoms with Crippen molar-refractivity contribution in [1.82, 2.24) is 20.9 Å². The molecular weight excluding hydrogens is 510 g/mol. The quantitative estimate of drug-likeness (QED) is 0.298. The zero-order valence-corrected chi connectivity index (χ0v) is 22.9. The molecule has 39 heavy (non-hydrogen) atoms. The predicted molar refractivity (Wildman–Crippen MR) is 141 cm³/mol. The molecule has 13 heteroatoms. The van der Waals surface area contributed by atoms with Crippen LogP contribution in [0, 0.1) is 0 Å². The number of hydrogen-bond donors (Lipinski definition) is 4. The Morgan fingerprint density at radius 2 is 1.59 bits per heavy atom. The monoisotopic (exact) mass is 547 g/mol. The molecule has 2 rings (SSSR count). The average Bonchev–Trinajstić information content (AvgIpc) is 3.37. The molecule has 214 valence electrons. The Hall–Kier alpha value is -4.16. The summed E-state index contributed by atoms with van der Waals surface area (Å²) in [6.07, 6.45) is 0.249. The number of anilines is 1. The summed E-state index contributed by atoms with van der Waals surface area (Å²) in [5, 5.41) is 10.4. The maximum atomic E-state index is 13.1. The third kappa shape index (κ3) is 9.91. The van der Waals surface area contributed by atoms with E-state index in [4.69, 9.17) is 4.74 Å². The van der Waals surface area contributed by atoms with Crippen molar-refractivity contribution in [3.8, 4) is 5.75 Å². The molecule has 0 saturated carbocycles. The van der Waals surface area contributed by atoms with Gasteiger partial charge in [0.15, 0.2) is 0 Å². The molecule has 0 aromatic heterocycles. The van der Waals surface area contributed by atoms with Gasteiger partial charge in [-0.05, 0) is 64.8 Å². The van der Waals surface area contributed by atoms with Gasteiger partial charge < -0.3 is 35.6 Å². The van der Waals surface area contributed by atoms with E-state index in [9.17, 15) is 28.8 Å². The largest absolute Gasteiger partial charge is 0.469 e. The first-order chi connectivity index (χ1) is 18.4. The number of nitrogens with zero attached hydrogens (tertiary/aromatic N) is 1. The Bertz CT molecular complexity index is 1060. The van der Waals surface area contributed by atoms with Crippen LogP contribution >= 0.6 is 0 Å². The van der Waals surface area contributed by atoms with Crippen molar-refractivity contribution in [3.63, 3.8) is 0 Å². The van der Waals surface area contributed by atoms with Gasteiger partial charge >= 0.3 is 12.1 Å². The Balaban J connectivity index is 1.89. The molecule has 0 radical (unpaired) electrons. The van der Waals surface area contributed by atoms with Gasteiger partial charge in [0, 0.05) is 24.7 Å². The Labute approximate surface area is 227 Å². The summed E-state index contributed by atoms with van der Waals surface area (Å²) < 4.78 is 9.64. The molecule has 1 aromatic carbocycles. The minimum atomic E-state index is -0.938. The maximum Gasteiger partial charge on any atom is 0.412 e. The summed E-state index contributed by atoms with van der Waals surface area (Å²) in [7, 11) is 1.22. The maximum absolute atomic E-state index is 13.1. The van der Waals surface area contributed by atoms with Gasteiger partial charge in [-0.25, -0.2) is 4.79 Å². The highest BCUT2D eigenvalue weighted by molar-refractivity contribution is 5.99. The van der Waals surface area contributed by atoms with Crippen LogP contribution in [0.5, 0.6) is 5.75 Å². The van der Waals surface area contributed by atoms with Gasteiger partial charge in [-0.1, -0.05) is 0 Å². The van der Waals surface area contributed by atoms with Crippen LogP contribution in [0.2, 0.25) is 0 Å². The molecule has 0 unspecified atom stereocenters. The summed E-state index contributed by atoms with van der Waals surface area (Å²) in [5.74, 6) is -2.12. The summed E-state index contributed by atoms with van der Waals surface area (Å²) in [4.78, 5) is 74.8. The van der Waals surface area contributed by atoms with E-state index in [1.807, 2.05) is 13.8 Å². The van der Waals surface area contributed by atoms with Crippen molar-refractivity contribution < 1.29 is 38.2 Å². The van der Waals surface area contributed by atoms with E-state index in [0.717, 1.165) is 0 Å². The number of ether oxygens (including phenoxy) is 2. The van der Waals surface area contributed by atoms with Crippen LogP contribution in [-0.4, -0.2) is 78.4 Å². The normalized spacial score (nSPS) is 16.1. The second-order valence-electron chi connectivity index (χ2n) is 9.49. The third-order valence-corrected chi connectivity index (χ3v) is 5.86. The van der Waals surface area contributed by atoms with Crippen LogP contribution in [0.3, 0.4) is 0 Å². The summed E-state index contributed by atoms with van der Waals surface area (Å²) in [5.41, 5.74) is 0.467. The van der Waals surface area contributed by atoms with Crippen molar-refractivity contribution in [2.75, 3.05) is 19.0 Å². The molecule has 1 aliphatic rings. The lowest BCUT2D eigenvalue weighted by Crippen LogP contribution is -2.54. The summed E-state index contributed by atoms with van der Waals surface area (Å²) in [6, 6.07) is 3.58. The molecule has 13 nitrogen and oxygen atoms in total. The average molecular weight is 548 g/mol. The van der Waals surface area contributed by atoms with Crippen LogP contribution in [0.15, 0.2) is 24.3 Å². The SMILES string of the molecule is COC(=O)CCC(=O)N[C@@H](C)C(=O)N[C@@H](C)C(=O)N1CCC[C@H]1C(=O)Nc1ccc(OC(=O)NC(C)C)cc1. The van der Waals surface area contributed by atoms with Gasteiger partial charge in [-0.2, -0.15) is 0 Å². The van der Waals surface area contributed by atoms with E-state index >= 15 is 0 Å². The number of rotatable bonds is 11. The van der Waals surface area contributed by atoms with E-state index < -0.39 is 47.9 Å². The summed E-state index contributed by atoms with van der Waals surface area (Å²) >= 11 is 0. The molecule has 0 spiro atoms. The lowest BCUT2D eigenvalue weighted by Gasteiger charge is -2.27.